The molecule has 0 fully saturated rings. The third-order valence-corrected chi connectivity index (χ3v) is 5.86. The summed E-state index contributed by atoms with van der Waals surface area (Å²) < 4.78 is 12.4. The van der Waals surface area contributed by atoms with E-state index in [4.69, 9.17) is 9.47 Å². The SMILES string of the molecule is COc1ccc(-n2ccnc2SCC(=O)NCc2ccc3cc(OC)ccc3c2)cc1. The van der Waals surface area contributed by atoms with Gasteiger partial charge in [-0.3, -0.25) is 9.36 Å². The normalized spacial score (nSPS) is 10.8. The molecule has 0 unspecified atom stereocenters. The molecule has 7 heteroatoms. The van der Waals surface area contributed by atoms with Gasteiger partial charge in [0.05, 0.1) is 20.0 Å². The summed E-state index contributed by atoms with van der Waals surface area (Å²) in [7, 11) is 3.30. The number of carbonyl (C=O) groups is 1. The molecular formula is C24H23N3O3S. The van der Waals surface area contributed by atoms with Crippen molar-refractivity contribution in [2.45, 2.75) is 11.7 Å². The highest BCUT2D eigenvalue weighted by Crippen LogP contribution is 2.23. The first-order valence-corrected chi connectivity index (χ1v) is 10.8. The van der Waals surface area contributed by atoms with Crippen molar-refractivity contribution in [2.75, 3.05) is 20.0 Å². The van der Waals surface area contributed by atoms with Crippen LogP contribution in [0.15, 0.2) is 78.2 Å². The van der Waals surface area contributed by atoms with E-state index >= 15 is 0 Å². The Morgan fingerprint density at radius 2 is 1.68 bits per heavy atom. The van der Waals surface area contributed by atoms with Gasteiger partial charge in [0, 0.05) is 24.6 Å². The van der Waals surface area contributed by atoms with Crippen LogP contribution < -0.4 is 14.8 Å². The van der Waals surface area contributed by atoms with E-state index in [0.29, 0.717) is 6.54 Å². The highest BCUT2D eigenvalue weighted by molar-refractivity contribution is 7.99. The van der Waals surface area contributed by atoms with E-state index in [2.05, 4.69) is 16.4 Å². The minimum absolute atomic E-state index is 0.0379. The van der Waals surface area contributed by atoms with Crippen molar-refractivity contribution in [3.8, 4) is 17.2 Å². The summed E-state index contributed by atoms with van der Waals surface area (Å²) in [6.07, 6.45) is 3.61. The van der Waals surface area contributed by atoms with Crippen LogP contribution in [0, 0.1) is 0 Å². The Morgan fingerprint density at radius 1 is 0.968 bits per heavy atom. The number of carbonyl (C=O) groups excluding carboxylic acids is 1. The molecule has 0 aliphatic rings. The molecule has 3 aromatic carbocycles. The molecule has 0 spiro atoms. The lowest BCUT2D eigenvalue weighted by molar-refractivity contribution is -0.118. The van der Waals surface area contributed by atoms with Crippen LogP contribution in [0.2, 0.25) is 0 Å². The van der Waals surface area contributed by atoms with Gasteiger partial charge < -0.3 is 14.8 Å². The summed E-state index contributed by atoms with van der Waals surface area (Å²) in [5, 5.41) is 5.97. The number of nitrogens with zero attached hydrogens (tertiary/aromatic N) is 2. The van der Waals surface area contributed by atoms with Gasteiger partial charge in [0.25, 0.3) is 0 Å². The number of methoxy groups -OCH3 is 2. The van der Waals surface area contributed by atoms with E-state index in [9.17, 15) is 4.79 Å². The van der Waals surface area contributed by atoms with Gasteiger partial charge in [-0.25, -0.2) is 4.98 Å². The number of aromatic nitrogens is 2. The number of hydrogen-bond donors (Lipinski definition) is 1. The third kappa shape index (κ3) is 5.00. The van der Waals surface area contributed by atoms with E-state index in [1.807, 2.05) is 65.4 Å². The minimum Gasteiger partial charge on any atom is -0.497 e. The van der Waals surface area contributed by atoms with Crippen molar-refractivity contribution in [3.05, 3.63) is 78.6 Å². The molecule has 0 radical (unpaired) electrons. The second kappa shape index (κ2) is 9.57. The van der Waals surface area contributed by atoms with Crippen LogP contribution in [0.1, 0.15) is 5.56 Å². The Morgan fingerprint density at radius 3 is 2.45 bits per heavy atom. The Hall–Kier alpha value is -3.45. The first-order chi connectivity index (χ1) is 15.2. The number of thioether (sulfide) groups is 1. The number of imidazole rings is 1. The van der Waals surface area contributed by atoms with Crippen LogP contribution in [0.5, 0.6) is 11.5 Å². The van der Waals surface area contributed by atoms with Crippen LogP contribution in [0.25, 0.3) is 16.5 Å². The predicted octanol–water partition coefficient (Wildman–Crippen LogP) is 4.45. The summed E-state index contributed by atoms with van der Waals surface area (Å²) >= 11 is 1.40. The van der Waals surface area contributed by atoms with E-state index in [1.165, 1.54) is 11.8 Å². The molecule has 4 aromatic rings. The van der Waals surface area contributed by atoms with Crippen molar-refractivity contribution >= 4 is 28.4 Å². The molecule has 0 aliphatic carbocycles. The molecule has 0 saturated carbocycles. The van der Waals surface area contributed by atoms with Gasteiger partial charge >= 0.3 is 0 Å². The Labute approximate surface area is 185 Å². The zero-order valence-electron chi connectivity index (χ0n) is 17.4. The molecule has 1 heterocycles. The van der Waals surface area contributed by atoms with Gasteiger partial charge in [-0.15, -0.1) is 0 Å². The first-order valence-electron chi connectivity index (χ1n) is 9.80. The highest BCUT2D eigenvalue weighted by Gasteiger charge is 2.10. The van der Waals surface area contributed by atoms with Crippen LogP contribution in [0.3, 0.4) is 0 Å². The van der Waals surface area contributed by atoms with E-state index < -0.39 is 0 Å². The maximum atomic E-state index is 12.4. The van der Waals surface area contributed by atoms with Gasteiger partial charge in [-0.05, 0) is 58.8 Å². The number of benzene rings is 3. The van der Waals surface area contributed by atoms with Crippen LogP contribution in [0.4, 0.5) is 0 Å². The predicted molar refractivity (Wildman–Crippen MR) is 123 cm³/mol. The van der Waals surface area contributed by atoms with Gasteiger partial charge in [-0.1, -0.05) is 30.0 Å². The summed E-state index contributed by atoms with van der Waals surface area (Å²) in [5.74, 6) is 1.88. The van der Waals surface area contributed by atoms with Crippen molar-refractivity contribution < 1.29 is 14.3 Å². The molecule has 6 nitrogen and oxygen atoms in total. The second-order valence-electron chi connectivity index (χ2n) is 6.89. The molecule has 0 bridgehead atoms. The maximum absolute atomic E-state index is 12.4. The van der Waals surface area contributed by atoms with Crippen LogP contribution >= 0.6 is 11.8 Å². The molecule has 0 saturated heterocycles. The second-order valence-corrected chi connectivity index (χ2v) is 7.83. The van der Waals surface area contributed by atoms with Gasteiger partial charge in [0.2, 0.25) is 5.91 Å². The van der Waals surface area contributed by atoms with E-state index in [1.54, 1.807) is 20.4 Å². The summed E-state index contributed by atoms with van der Waals surface area (Å²) in [6, 6.07) is 19.8. The molecule has 158 valence electrons. The molecule has 1 N–H and O–H groups in total. The topological polar surface area (TPSA) is 65.4 Å². The number of rotatable bonds is 8. The van der Waals surface area contributed by atoms with E-state index in [0.717, 1.165) is 38.7 Å². The minimum atomic E-state index is -0.0379. The van der Waals surface area contributed by atoms with Crippen molar-refractivity contribution in [1.82, 2.24) is 14.9 Å². The standard InChI is InChI=1S/C24H23N3O3S/c1-29-21-9-6-20(7-10-21)27-12-11-25-24(27)31-16-23(28)26-15-17-3-4-19-14-22(30-2)8-5-18(19)13-17/h3-14H,15-16H2,1-2H3,(H,26,28). The molecule has 1 aromatic heterocycles. The zero-order valence-corrected chi connectivity index (χ0v) is 18.2. The van der Waals surface area contributed by atoms with Crippen LogP contribution in [-0.2, 0) is 11.3 Å². The molecule has 31 heavy (non-hydrogen) atoms. The van der Waals surface area contributed by atoms with Crippen molar-refractivity contribution in [2.24, 2.45) is 0 Å². The average molecular weight is 434 g/mol. The lowest BCUT2D eigenvalue weighted by Crippen LogP contribution is -2.24. The Kier molecular flexibility index (Phi) is 6.43. The number of ether oxygens (including phenoxy) is 2. The lowest BCUT2D eigenvalue weighted by Gasteiger charge is -2.09. The molecular weight excluding hydrogens is 410 g/mol. The highest BCUT2D eigenvalue weighted by atomic mass is 32.2. The largest absolute Gasteiger partial charge is 0.497 e. The summed E-state index contributed by atoms with van der Waals surface area (Å²) in [4.78, 5) is 16.8. The fourth-order valence-electron chi connectivity index (χ4n) is 3.23. The number of amides is 1. The molecule has 0 aliphatic heterocycles. The van der Waals surface area contributed by atoms with Crippen molar-refractivity contribution in [1.29, 1.82) is 0 Å². The third-order valence-electron chi connectivity index (χ3n) is 4.89. The molecule has 4 rings (SSSR count). The van der Waals surface area contributed by atoms with Crippen LogP contribution in [-0.4, -0.2) is 35.4 Å². The number of hydrogen-bond acceptors (Lipinski definition) is 5. The van der Waals surface area contributed by atoms with Gasteiger partial charge in [0.15, 0.2) is 5.16 Å². The Balaban J connectivity index is 1.34. The van der Waals surface area contributed by atoms with Gasteiger partial charge in [0.1, 0.15) is 11.5 Å². The monoisotopic (exact) mass is 433 g/mol. The number of fused-ring (bicyclic) bond motifs is 1. The Bertz CT molecular complexity index is 1190. The van der Waals surface area contributed by atoms with Gasteiger partial charge in [-0.2, -0.15) is 0 Å². The fourth-order valence-corrected chi connectivity index (χ4v) is 4.03. The van der Waals surface area contributed by atoms with Crippen molar-refractivity contribution in [3.63, 3.8) is 0 Å². The maximum Gasteiger partial charge on any atom is 0.230 e. The van der Waals surface area contributed by atoms with E-state index in [-0.39, 0.29) is 11.7 Å². The smallest absolute Gasteiger partial charge is 0.230 e. The first kappa shape index (κ1) is 20.8. The fraction of sp³-hybridized carbons (Fsp3) is 0.167. The molecule has 0 atom stereocenters. The molecule has 1 amide bonds. The summed E-state index contributed by atoms with van der Waals surface area (Å²) in [5.41, 5.74) is 2.02. The number of nitrogens with one attached hydrogen (secondary N) is 1. The lowest BCUT2D eigenvalue weighted by atomic mass is 10.1. The zero-order chi connectivity index (χ0) is 21.6. The summed E-state index contributed by atoms with van der Waals surface area (Å²) in [6.45, 7) is 0.480. The average Bonchev–Trinajstić information content (AvgIpc) is 3.29. The quantitative estimate of drug-likeness (QED) is 0.416.